The zero-order valence-corrected chi connectivity index (χ0v) is 12.8. The fourth-order valence-electron chi connectivity index (χ4n) is 1.78. The third-order valence-corrected chi connectivity index (χ3v) is 6.36. The van der Waals surface area contributed by atoms with Crippen LogP contribution < -0.4 is 0 Å². The molecular formula is C14H17NO3S2. The van der Waals surface area contributed by atoms with Gasteiger partial charge in [0, 0.05) is 13.6 Å². The van der Waals surface area contributed by atoms with E-state index in [4.69, 9.17) is 5.11 Å². The van der Waals surface area contributed by atoms with Crippen LogP contribution in [0.5, 0.6) is 0 Å². The second-order valence-corrected chi connectivity index (χ2v) is 7.68. The van der Waals surface area contributed by atoms with Gasteiger partial charge in [0.15, 0.2) is 0 Å². The van der Waals surface area contributed by atoms with Gasteiger partial charge in [0.1, 0.15) is 4.21 Å². The van der Waals surface area contributed by atoms with E-state index in [1.165, 1.54) is 10.4 Å². The molecule has 0 aliphatic heterocycles. The minimum Gasteiger partial charge on any atom is -0.392 e. The van der Waals surface area contributed by atoms with Crippen LogP contribution in [0.15, 0.2) is 46.0 Å². The number of rotatable bonds is 6. The maximum absolute atomic E-state index is 12.3. The van der Waals surface area contributed by atoms with Crippen molar-refractivity contribution in [2.75, 3.05) is 13.6 Å². The van der Waals surface area contributed by atoms with Crippen molar-refractivity contribution in [2.24, 2.45) is 0 Å². The van der Waals surface area contributed by atoms with Crippen molar-refractivity contribution in [3.8, 4) is 0 Å². The van der Waals surface area contributed by atoms with Gasteiger partial charge in [-0.1, -0.05) is 30.3 Å². The van der Waals surface area contributed by atoms with Crippen LogP contribution in [0.3, 0.4) is 0 Å². The van der Waals surface area contributed by atoms with Crippen LogP contribution in [0.25, 0.3) is 0 Å². The summed E-state index contributed by atoms with van der Waals surface area (Å²) in [4.78, 5) is 0. The Morgan fingerprint density at radius 2 is 1.90 bits per heavy atom. The van der Waals surface area contributed by atoms with Crippen molar-refractivity contribution in [3.63, 3.8) is 0 Å². The van der Waals surface area contributed by atoms with Gasteiger partial charge in [-0.25, -0.2) is 8.42 Å². The minimum absolute atomic E-state index is 0.139. The number of aliphatic hydroxyl groups excluding tert-OH is 1. The first-order valence-corrected chi connectivity index (χ1v) is 8.54. The minimum atomic E-state index is -3.46. The smallest absolute Gasteiger partial charge is 0.252 e. The molecule has 108 valence electrons. The molecule has 0 radical (unpaired) electrons. The average Bonchev–Trinajstić information content (AvgIpc) is 2.95. The molecule has 1 N–H and O–H groups in total. The Kier molecular flexibility index (Phi) is 4.93. The van der Waals surface area contributed by atoms with E-state index in [9.17, 15) is 8.42 Å². The van der Waals surface area contributed by atoms with Crippen molar-refractivity contribution in [1.82, 2.24) is 4.31 Å². The Bertz CT molecular complexity index is 650. The molecule has 4 nitrogen and oxygen atoms in total. The molecule has 0 saturated carbocycles. The third-order valence-electron chi connectivity index (χ3n) is 3.04. The number of thiophene rings is 1. The number of hydrogen-bond donors (Lipinski definition) is 1. The Labute approximate surface area is 123 Å². The van der Waals surface area contributed by atoms with Crippen molar-refractivity contribution in [2.45, 2.75) is 17.2 Å². The van der Waals surface area contributed by atoms with Gasteiger partial charge in [-0.05, 0) is 29.0 Å². The molecule has 0 bridgehead atoms. The second-order valence-electron chi connectivity index (χ2n) is 4.49. The van der Waals surface area contributed by atoms with E-state index in [1.807, 2.05) is 30.3 Å². The van der Waals surface area contributed by atoms with Crippen LogP contribution >= 0.6 is 11.3 Å². The van der Waals surface area contributed by atoms with E-state index in [1.54, 1.807) is 12.4 Å². The van der Waals surface area contributed by atoms with Gasteiger partial charge in [0.2, 0.25) is 0 Å². The summed E-state index contributed by atoms with van der Waals surface area (Å²) < 4.78 is 26.3. The molecular weight excluding hydrogens is 294 g/mol. The number of likely N-dealkylation sites (N-methyl/N-ethyl adjacent to an activating group) is 1. The number of sulfonamides is 1. The van der Waals surface area contributed by atoms with Crippen LogP contribution in [-0.2, 0) is 23.1 Å². The maximum atomic E-state index is 12.3. The molecule has 1 heterocycles. The van der Waals surface area contributed by atoms with E-state index >= 15 is 0 Å². The number of benzene rings is 1. The zero-order chi connectivity index (χ0) is 14.6. The van der Waals surface area contributed by atoms with E-state index in [-0.39, 0.29) is 10.8 Å². The summed E-state index contributed by atoms with van der Waals surface area (Å²) in [5.74, 6) is 0. The van der Waals surface area contributed by atoms with Crippen LogP contribution in [0.4, 0.5) is 0 Å². The highest BCUT2D eigenvalue weighted by molar-refractivity contribution is 7.91. The first kappa shape index (κ1) is 15.2. The lowest BCUT2D eigenvalue weighted by atomic mass is 10.2. The monoisotopic (exact) mass is 311 g/mol. The Hall–Kier alpha value is -1.21. The summed E-state index contributed by atoms with van der Waals surface area (Å²) in [5.41, 5.74) is 1.74. The van der Waals surface area contributed by atoms with Crippen LogP contribution in [-0.4, -0.2) is 31.4 Å². The highest BCUT2D eigenvalue weighted by Gasteiger charge is 2.22. The van der Waals surface area contributed by atoms with Gasteiger partial charge in [-0.15, -0.1) is 11.3 Å². The standard InChI is InChI=1S/C14H17NO3S2/c1-15(8-7-12-5-3-2-4-6-12)20(17,18)14-9-13(10-16)11-19-14/h2-6,9,11,16H,7-8,10H2,1H3. The molecule has 0 aliphatic rings. The molecule has 0 saturated heterocycles. The van der Waals surface area contributed by atoms with Gasteiger partial charge in [-0.3, -0.25) is 0 Å². The summed E-state index contributed by atoms with van der Waals surface area (Å²) >= 11 is 1.14. The van der Waals surface area contributed by atoms with Gasteiger partial charge < -0.3 is 5.11 Å². The Balaban J connectivity index is 2.05. The van der Waals surface area contributed by atoms with Gasteiger partial charge >= 0.3 is 0 Å². The van der Waals surface area contributed by atoms with E-state index < -0.39 is 10.0 Å². The Morgan fingerprint density at radius 1 is 1.20 bits per heavy atom. The Morgan fingerprint density at radius 3 is 2.50 bits per heavy atom. The zero-order valence-electron chi connectivity index (χ0n) is 11.2. The molecule has 1 aromatic carbocycles. The predicted octanol–water partition coefficient (Wildman–Crippen LogP) is 2.10. The summed E-state index contributed by atoms with van der Waals surface area (Å²) in [6, 6.07) is 11.3. The lowest BCUT2D eigenvalue weighted by Crippen LogP contribution is -2.28. The molecule has 0 amide bonds. The topological polar surface area (TPSA) is 57.6 Å². The highest BCUT2D eigenvalue weighted by Crippen LogP contribution is 2.23. The van der Waals surface area contributed by atoms with Crippen molar-refractivity contribution in [3.05, 3.63) is 52.9 Å². The summed E-state index contributed by atoms with van der Waals surface area (Å²) in [7, 11) is -1.88. The molecule has 6 heteroatoms. The number of hydrogen-bond acceptors (Lipinski definition) is 4. The first-order chi connectivity index (χ1) is 9.54. The van der Waals surface area contributed by atoms with Crippen molar-refractivity contribution >= 4 is 21.4 Å². The first-order valence-electron chi connectivity index (χ1n) is 6.22. The van der Waals surface area contributed by atoms with Crippen molar-refractivity contribution < 1.29 is 13.5 Å². The fraction of sp³-hybridized carbons (Fsp3) is 0.286. The van der Waals surface area contributed by atoms with Crippen LogP contribution in [0, 0.1) is 0 Å². The average molecular weight is 311 g/mol. The summed E-state index contributed by atoms with van der Waals surface area (Å²) in [6.45, 7) is 0.290. The highest BCUT2D eigenvalue weighted by atomic mass is 32.2. The van der Waals surface area contributed by atoms with Crippen molar-refractivity contribution in [1.29, 1.82) is 0 Å². The van der Waals surface area contributed by atoms with E-state index in [2.05, 4.69) is 0 Å². The normalized spacial score (nSPS) is 11.9. The second kappa shape index (κ2) is 6.49. The molecule has 0 aliphatic carbocycles. The molecule has 0 atom stereocenters. The third kappa shape index (κ3) is 3.46. The molecule has 2 aromatic rings. The van der Waals surface area contributed by atoms with Crippen LogP contribution in [0.1, 0.15) is 11.1 Å². The fourth-order valence-corrected chi connectivity index (χ4v) is 4.36. The number of nitrogens with zero attached hydrogens (tertiary/aromatic N) is 1. The largest absolute Gasteiger partial charge is 0.392 e. The lowest BCUT2D eigenvalue weighted by Gasteiger charge is -2.15. The van der Waals surface area contributed by atoms with Gasteiger partial charge in [0.25, 0.3) is 10.0 Å². The SMILES string of the molecule is CN(CCc1ccccc1)S(=O)(=O)c1cc(CO)cs1. The van der Waals surface area contributed by atoms with E-state index in [0.29, 0.717) is 18.5 Å². The van der Waals surface area contributed by atoms with Crippen LogP contribution in [0.2, 0.25) is 0 Å². The summed E-state index contributed by atoms with van der Waals surface area (Å²) in [6.07, 6.45) is 0.675. The maximum Gasteiger partial charge on any atom is 0.252 e. The number of aliphatic hydroxyl groups is 1. The molecule has 0 spiro atoms. The quantitative estimate of drug-likeness (QED) is 0.889. The van der Waals surface area contributed by atoms with E-state index in [0.717, 1.165) is 16.9 Å². The van der Waals surface area contributed by atoms with Gasteiger partial charge in [-0.2, -0.15) is 4.31 Å². The van der Waals surface area contributed by atoms with Gasteiger partial charge in [0.05, 0.1) is 6.61 Å². The molecule has 1 aromatic heterocycles. The molecule has 0 unspecified atom stereocenters. The predicted molar refractivity (Wildman–Crippen MR) is 80.2 cm³/mol. The summed E-state index contributed by atoms with van der Waals surface area (Å²) in [5, 5.41) is 10.7. The molecule has 0 fully saturated rings. The molecule has 2 rings (SSSR count). The lowest BCUT2D eigenvalue weighted by molar-refractivity contribution is 0.282. The molecule has 20 heavy (non-hydrogen) atoms.